The van der Waals surface area contributed by atoms with Crippen molar-refractivity contribution in [3.8, 4) is 28.0 Å². The summed E-state index contributed by atoms with van der Waals surface area (Å²) in [6, 6.07) is 5.95. The maximum absolute atomic E-state index is 15.0. The average Bonchev–Trinajstić information content (AvgIpc) is 2.92. The largest absolute Gasteiger partial charge is 0.426 e. The van der Waals surface area contributed by atoms with E-state index in [4.69, 9.17) is 4.74 Å². The van der Waals surface area contributed by atoms with Gasteiger partial charge in [-0.2, -0.15) is 13.2 Å². The second-order valence-electron chi connectivity index (χ2n) is 10.8. The van der Waals surface area contributed by atoms with Crippen molar-refractivity contribution in [1.29, 1.82) is 0 Å². The summed E-state index contributed by atoms with van der Waals surface area (Å²) in [5, 5.41) is 0. The Morgan fingerprint density at radius 3 is 1.98 bits per heavy atom. The number of rotatable bonds is 9. The third kappa shape index (κ3) is 8.24. The van der Waals surface area contributed by atoms with Crippen LogP contribution in [0.5, 0.6) is 5.75 Å². The van der Waals surface area contributed by atoms with Crippen molar-refractivity contribution in [2.75, 3.05) is 0 Å². The van der Waals surface area contributed by atoms with E-state index < -0.39 is 57.9 Å². The predicted molar refractivity (Wildman–Crippen MR) is 147 cm³/mol. The molecule has 0 unspecified atom stereocenters. The number of unbranched alkanes of at least 4 members (excludes halogenated alkanes) is 2. The maximum Gasteiger partial charge on any atom is 0.409 e. The molecule has 230 valence electrons. The van der Waals surface area contributed by atoms with Crippen molar-refractivity contribution in [1.82, 2.24) is 0 Å². The van der Waals surface area contributed by atoms with Crippen LogP contribution < -0.4 is 4.74 Å². The molecule has 3 aromatic rings. The van der Waals surface area contributed by atoms with Gasteiger partial charge in [-0.25, -0.2) is 22.0 Å². The molecule has 3 aromatic carbocycles. The molecule has 4 rings (SSSR count). The summed E-state index contributed by atoms with van der Waals surface area (Å²) in [7, 11) is 0. The van der Waals surface area contributed by atoms with Gasteiger partial charge in [-0.1, -0.05) is 32.6 Å². The Bertz CT molecular complexity index is 1440. The Morgan fingerprint density at radius 1 is 0.814 bits per heavy atom. The van der Waals surface area contributed by atoms with Gasteiger partial charge in [0, 0.05) is 23.3 Å². The monoisotopic (exact) mass is 610 g/mol. The van der Waals surface area contributed by atoms with Gasteiger partial charge in [0.15, 0.2) is 0 Å². The summed E-state index contributed by atoms with van der Waals surface area (Å²) in [5.41, 5.74) is -2.93. The minimum Gasteiger partial charge on any atom is -0.426 e. The highest BCUT2D eigenvalue weighted by molar-refractivity contribution is 5.76. The molecular formula is C33H30F8O2. The molecule has 0 atom stereocenters. The van der Waals surface area contributed by atoms with Gasteiger partial charge in [0.05, 0.1) is 11.5 Å². The van der Waals surface area contributed by atoms with E-state index in [1.807, 2.05) is 0 Å². The fourth-order valence-corrected chi connectivity index (χ4v) is 5.43. The number of ether oxygens (including phenoxy) is 1. The molecule has 0 spiro atoms. The number of hydrogen-bond acceptors (Lipinski definition) is 2. The van der Waals surface area contributed by atoms with Crippen LogP contribution in [0, 0.1) is 40.9 Å². The predicted octanol–water partition coefficient (Wildman–Crippen LogP) is 10.6. The van der Waals surface area contributed by atoms with Gasteiger partial charge in [0.2, 0.25) is 0 Å². The van der Waals surface area contributed by atoms with Crippen LogP contribution in [0.3, 0.4) is 0 Å². The summed E-state index contributed by atoms with van der Waals surface area (Å²) in [6.45, 7) is 2.15. The van der Waals surface area contributed by atoms with Crippen LogP contribution in [0.15, 0.2) is 48.5 Å². The van der Waals surface area contributed by atoms with E-state index in [2.05, 4.69) is 6.92 Å². The van der Waals surface area contributed by atoms with Crippen molar-refractivity contribution >= 4 is 12.0 Å². The second kappa shape index (κ2) is 13.7. The van der Waals surface area contributed by atoms with Crippen LogP contribution in [0.4, 0.5) is 35.1 Å². The molecular weight excluding hydrogens is 580 g/mol. The molecule has 0 aromatic heterocycles. The molecule has 1 fully saturated rings. The van der Waals surface area contributed by atoms with E-state index in [-0.39, 0.29) is 34.9 Å². The molecule has 0 radical (unpaired) electrons. The van der Waals surface area contributed by atoms with Crippen LogP contribution >= 0.6 is 0 Å². The zero-order valence-electron chi connectivity index (χ0n) is 23.3. The molecule has 0 saturated heterocycles. The lowest BCUT2D eigenvalue weighted by atomic mass is 9.80. The topological polar surface area (TPSA) is 26.3 Å². The van der Waals surface area contributed by atoms with Gasteiger partial charge < -0.3 is 4.74 Å². The third-order valence-electron chi connectivity index (χ3n) is 7.71. The quantitative estimate of drug-likeness (QED) is 0.104. The maximum atomic E-state index is 15.0. The molecule has 0 aliphatic heterocycles. The first-order valence-electron chi connectivity index (χ1n) is 14.1. The van der Waals surface area contributed by atoms with E-state index in [9.17, 15) is 31.1 Å². The van der Waals surface area contributed by atoms with E-state index in [1.165, 1.54) is 25.0 Å². The molecule has 10 heteroatoms. The molecule has 0 N–H and O–H groups in total. The normalized spacial score (nSPS) is 17.4. The Morgan fingerprint density at radius 2 is 1.42 bits per heavy atom. The van der Waals surface area contributed by atoms with E-state index in [1.54, 1.807) is 0 Å². The molecule has 1 aliphatic rings. The minimum absolute atomic E-state index is 0.0560. The first-order valence-corrected chi connectivity index (χ1v) is 14.1. The molecule has 1 aliphatic carbocycles. The Hall–Kier alpha value is -3.69. The number of allylic oxidation sites excluding steroid dienone is 1. The van der Waals surface area contributed by atoms with Gasteiger partial charge in [-0.05, 0) is 85.2 Å². The average molecular weight is 611 g/mol. The molecule has 2 nitrogen and oxygen atoms in total. The van der Waals surface area contributed by atoms with Crippen molar-refractivity contribution in [2.24, 2.45) is 11.8 Å². The summed E-state index contributed by atoms with van der Waals surface area (Å²) in [5.74, 6) is -6.62. The lowest BCUT2D eigenvalue weighted by molar-refractivity contribution is -0.140. The highest BCUT2D eigenvalue weighted by Crippen LogP contribution is 2.36. The zero-order chi connectivity index (χ0) is 31.3. The Labute approximate surface area is 244 Å². The molecule has 0 amide bonds. The van der Waals surface area contributed by atoms with Crippen LogP contribution in [0.2, 0.25) is 0 Å². The van der Waals surface area contributed by atoms with Gasteiger partial charge in [-0.15, -0.1) is 0 Å². The first-order chi connectivity index (χ1) is 20.4. The minimum atomic E-state index is -4.83. The van der Waals surface area contributed by atoms with E-state index in [0.29, 0.717) is 30.9 Å². The lowest BCUT2D eigenvalue weighted by Crippen LogP contribution is -2.25. The standard InChI is InChI=1S/C33H30F8O2/c1-2-3-4-5-19-6-8-20(9-7-19)32(42)43-23-10-11-24(28(36)18-23)21-14-29(37)31(30(38)15-21)22-16-26(34)25(27(35)17-22)12-13-33(39,40)41/h10-20H,2-9H2,1H3/b13-12+. The SMILES string of the molecule is CCCCCC1CCC(C(=O)Oc2ccc(-c3cc(F)c(-c4cc(F)c(/C=C/C(F)(F)F)c(F)c4)c(F)c3)c(F)c2)CC1. The third-order valence-corrected chi connectivity index (χ3v) is 7.71. The van der Waals surface area contributed by atoms with Crippen LogP contribution in [-0.4, -0.2) is 12.1 Å². The number of hydrogen-bond donors (Lipinski definition) is 0. The summed E-state index contributed by atoms with van der Waals surface area (Å²) in [6.07, 6.45) is 2.90. The fraction of sp³-hybridized carbons (Fsp3) is 0.364. The molecule has 43 heavy (non-hydrogen) atoms. The Balaban J connectivity index is 1.48. The van der Waals surface area contributed by atoms with Gasteiger partial charge in [-0.3, -0.25) is 4.79 Å². The van der Waals surface area contributed by atoms with Crippen molar-refractivity contribution in [3.05, 3.63) is 83.2 Å². The highest BCUT2D eigenvalue weighted by Gasteiger charge is 2.28. The highest BCUT2D eigenvalue weighted by atomic mass is 19.4. The lowest BCUT2D eigenvalue weighted by Gasteiger charge is -2.27. The number of benzene rings is 3. The van der Waals surface area contributed by atoms with Crippen LogP contribution in [0.25, 0.3) is 28.3 Å². The summed E-state index contributed by atoms with van der Waals surface area (Å²) >= 11 is 0. The smallest absolute Gasteiger partial charge is 0.409 e. The van der Waals surface area contributed by atoms with Crippen molar-refractivity contribution in [3.63, 3.8) is 0 Å². The van der Waals surface area contributed by atoms with Crippen LogP contribution in [0.1, 0.15) is 63.9 Å². The first kappa shape index (κ1) is 32.2. The van der Waals surface area contributed by atoms with Gasteiger partial charge in [0.25, 0.3) is 0 Å². The number of halogens is 8. The number of carbonyl (C=O) groups excluding carboxylic acids is 1. The van der Waals surface area contributed by atoms with Crippen molar-refractivity contribution in [2.45, 2.75) is 64.5 Å². The fourth-order valence-electron chi connectivity index (χ4n) is 5.43. The molecule has 1 saturated carbocycles. The molecule has 0 bridgehead atoms. The number of carbonyl (C=O) groups is 1. The number of alkyl halides is 3. The van der Waals surface area contributed by atoms with Gasteiger partial charge in [0.1, 0.15) is 34.8 Å². The van der Waals surface area contributed by atoms with Gasteiger partial charge >= 0.3 is 12.1 Å². The van der Waals surface area contributed by atoms with E-state index in [0.717, 1.165) is 43.9 Å². The Kier molecular flexibility index (Phi) is 10.3. The molecule has 0 heterocycles. The summed E-state index contributed by atoms with van der Waals surface area (Å²) in [4.78, 5) is 12.7. The second-order valence-corrected chi connectivity index (χ2v) is 10.8. The van der Waals surface area contributed by atoms with Crippen molar-refractivity contribution < 1.29 is 44.7 Å². The number of esters is 1. The van der Waals surface area contributed by atoms with E-state index >= 15 is 8.78 Å². The zero-order valence-corrected chi connectivity index (χ0v) is 23.3. The van der Waals surface area contributed by atoms with Crippen LogP contribution in [-0.2, 0) is 4.79 Å². The summed E-state index contributed by atoms with van der Waals surface area (Å²) < 4.78 is 116.